The van der Waals surface area contributed by atoms with E-state index in [1.165, 1.54) is 17.8 Å². The summed E-state index contributed by atoms with van der Waals surface area (Å²) in [5, 5.41) is 3.80. The van der Waals surface area contributed by atoms with Crippen molar-refractivity contribution in [2.24, 2.45) is 5.92 Å². The van der Waals surface area contributed by atoms with E-state index < -0.39 is 0 Å². The first-order chi connectivity index (χ1) is 14.1. The summed E-state index contributed by atoms with van der Waals surface area (Å²) in [6.07, 6.45) is 4.73. The van der Waals surface area contributed by atoms with Crippen molar-refractivity contribution in [1.29, 1.82) is 0 Å². The van der Waals surface area contributed by atoms with Crippen LogP contribution in [0.4, 0.5) is 5.00 Å². The van der Waals surface area contributed by atoms with Crippen LogP contribution in [0.15, 0.2) is 30.3 Å². The molecule has 1 aromatic carbocycles. The summed E-state index contributed by atoms with van der Waals surface area (Å²) in [6, 6.07) is 10.1. The van der Waals surface area contributed by atoms with Crippen LogP contribution in [0.3, 0.4) is 0 Å². The van der Waals surface area contributed by atoms with Gasteiger partial charge in [0.25, 0.3) is 5.91 Å². The molecule has 2 aliphatic heterocycles. The standard InChI is InChI=1S/C23H28N2O3S/c1-16-19(23(27)25-12-6-3-7-13-25)22(24-21(26)18-10-14-28-15-11-18)29-20(16)17-8-4-2-5-9-17/h2,4-5,8-9,18H,3,6-7,10-15H2,1H3,(H,24,26). The van der Waals surface area contributed by atoms with Crippen molar-refractivity contribution in [2.75, 3.05) is 31.6 Å². The third kappa shape index (κ3) is 4.38. The Labute approximate surface area is 176 Å². The van der Waals surface area contributed by atoms with Gasteiger partial charge in [-0.1, -0.05) is 30.3 Å². The van der Waals surface area contributed by atoms with Gasteiger partial charge in [0, 0.05) is 37.1 Å². The van der Waals surface area contributed by atoms with Crippen molar-refractivity contribution in [3.63, 3.8) is 0 Å². The van der Waals surface area contributed by atoms with Crippen LogP contribution in [0, 0.1) is 12.8 Å². The maximum Gasteiger partial charge on any atom is 0.257 e. The number of ether oxygens (including phenoxy) is 1. The van der Waals surface area contributed by atoms with Crippen molar-refractivity contribution in [2.45, 2.75) is 39.0 Å². The molecule has 2 saturated heterocycles. The van der Waals surface area contributed by atoms with Crippen molar-refractivity contribution in [3.8, 4) is 10.4 Å². The Morgan fingerprint density at radius 2 is 1.76 bits per heavy atom. The van der Waals surface area contributed by atoms with Crippen LogP contribution < -0.4 is 5.32 Å². The fourth-order valence-electron chi connectivity index (χ4n) is 4.15. The molecule has 1 N–H and O–H groups in total. The molecule has 0 aliphatic carbocycles. The number of hydrogen-bond donors (Lipinski definition) is 1. The third-order valence-corrected chi connectivity index (χ3v) is 7.13. The van der Waals surface area contributed by atoms with Crippen molar-refractivity contribution < 1.29 is 14.3 Å². The lowest BCUT2D eigenvalue weighted by atomic mass is 9.99. The molecule has 2 fully saturated rings. The van der Waals surface area contributed by atoms with Crippen LogP contribution in [0.5, 0.6) is 0 Å². The SMILES string of the molecule is Cc1c(-c2ccccc2)sc(NC(=O)C2CCOCC2)c1C(=O)N1CCCCC1. The predicted molar refractivity (Wildman–Crippen MR) is 116 cm³/mol. The average Bonchev–Trinajstić information content (AvgIpc) is 3.10. The highest BCUT2D eigenvalue weighted by molar-refractivity contribution is 7.20. The van der Waals surface area contributed by atoms with E-state index in [1.807, 2.05) is 30.0 Å². The van der Waals surface area contributed by atoms with E-state index in [2.05, 4.69) is 17.4 Å². The second kappa shape index (κ2) is 9.09. The predicted octanol–water partition coefficient (Wildman–Crippen LogP) is 4.71. The zero-order valence-electron chi connectivity index (χ0n) is 16.9. The molecule has 2 aliphatic rings. The van der Waals surface area contributed by atoms with Gasteiger partial charge >= 0.3 is 0 Å². The van der Waals surface area contributed by atoms with Gasteiger partial charge in [-0.2, -0.15) is 0 Å². The van der Waals surface area contributed by atoms with E-state index in [0.29, 0.717) is 23.8 Å². The van der Waals surface area contributed by atoms with Crippen LogP contribution in [-0.4, -0.2) is 43.0 Å². The summed E-state index contributed by atoms with van der Waals surface area (Å²) in [6.45, 7) is 4.83. The Bertz CT molecular complexity index is 866. The van der Waals surface area contributed by atoms with Gasteiger partial charge in [0.05, 0.1) is 5.56 Å². The Morgan fingerprint density at radius 3 is 2.45 bits per heavy atom. The lowest BCUT2D eigenvalue weighted by Crippen LogP contribution is -2.36. The molecular formula is C23H28N2O3S. The molecule has 154 valence electrons. The number of rotatable bonds is 4. The Kier molecular flexibility index (Phi) is 6.31. The minimum absolute atomic E-state index is 0.00172. The largest absolute Gasteiger partial charge is 0.381 e. The molecule has 0 unspecified atom stereocenters. The maximum absolute atomic E-state index is 13.4. The number of thiophene rings is 1. The van der Waals surface area contributed by atoms with Gasteiger partial charge in [-0.05, 0) is 50.2 Å². The van der Waals surface area contributed by atoms with Crippen molar-refractivity contribution in [3.05, 3.63) is 41.5 Å². The van der Waals surface area contributed by atoms with E-state index in [0.717, 1.165) is 54.8 Å². The zero-order valence-corrected chi connectivity index (χ0v) is 17.7. The lowest BCUT2D eigenvalue weighted by Gasteiger charge is -2.27. The molecule has 2 amide bonds. The second-order valence-electron chi connectivity index (χ2n) is 7.86. The van der Waals surface area contributed by atoms with Gasteiger partial charge in [0.15, 0.2) is 0 Å². The molecule has 0 radical (unpaired) electrons. The van der Waals surface area contributed by atoms with Gasteiger partial charge in [-0.25, -0.2) is 0 Å². The van der Waals surface area contributed by atoms with Crippen molar-refractivity contribution >= 4 is 28.2 Å². The molecule has 1 aromatic heterocycles. The normalized spacial score (nSPS) is 17.9. The number of carbonyl (C=O) groups excluding carboxylic acids is 2. The number of amides is 2. The van der Waals surface area contributed by atoms with E-state index in [4.69, 9.17) is 4.74 Å². The molecule has 4 rings (SSSR count). The number of nitrogens with zero attached hydrogens (tertiary/aromatic N) is 1. The first kappa shape index (κ1) is 20.1. The highest BCUT2D eigenvalue weighted by atomic mass is 32.1. The third-order valence-electron chi connectivity index (χ3n) is 5.87. The summed E-state index contributed by atoms with van der Waals surface area (Å²) >= 11 is 1.51. The summed E-state index contributed by atoms with van der Waals surface area (Å²) in [5.74, 6) is -0.00552. The first-order valence-electron chi connectivity index (χ1n) is 10.5. The number of piperidine rings is 1. The lowest BCUT2D eigenvalue weighted by molar-refractivity contribution is -0.122. The van der Waals surface area contributed by atoms with Gasteiger partial charge in [0.2, 0.25) is 5.91 Å². The Hall–Kier alpha value is -2.18. The quantitative estimate of drug-likeness (QED) is 0.791. The summed E-state index contributed by atoms with van der Waals surface area (Å²) in [5.41, 5.74) is 2.70. The molecule has 29 heavy (non-hydrogen) atoms. The summed E-state index contributed by atoms with van der Waals surface area (Å²) < 4.78 is 5.38. The number of likely N-dealkylation sites (tertiary alicyclic amines) is 1. The second-order valence-corrected chi connectivity index (χ2v) is 8.88. The smallest absolute Gasteiger partial charge is 0.257 e. The topological polar surface area (TPSA) is 58.6 Å². The van der Waals surface area contributed by atoms with Crippen LogP contribution in [-0.2, 0) is 9.53 Å². The van der Waals surface area contributed by atoms with Gasteiger partial charge in [0.1, 0.15) is 5.00 Å². The van der Waals surface area contributed by atoms with Gasteiger partial charge < -0.3 is 15.0 Å². The van der Waals surface area contributed by atoms with E-state index in [9.17, 15) is 9.59 Å². The molecule has 0 atom stereocenters. The molecular weight excluding hydrogens is 384 g/mol. The molecule has 5 nitrogen and oxygen atoms in total. The van der Waals surface area contributed by atoms with Crippen LogP contribution >= 0.6 is 11.3 Å². The fourth-order valence-corrected chi connectivity index (χ4v) is 5.36. The first-order valence-corrected chi connectivity index (χ1v) is 11.3. The number of carbonyl (C=O) groups is 2. The maximum atomic E-state index is 13.4. The number of anilines is 1. The monoisotopic (exact) mass is 412 g/mol. The Balaban J connectivity index is 1.67. The number of hydrogen-bond acceptors (Lipinski definition) is 4. The van der Waals surface area contributed by atoms with Crippen LogP contribution in [0.1, 0.15) is 48.0 Å². The minimum Gasteiger partial charge on any atom is -0.381 e. The van der Waals surface area contributed by atoms with Crippen LogP contribution in [0.2, 0.25) is 0 Å². The van der Waals surface area contributed by atoms with Crippen molar-refractivity contribution in [1.82, 2.24) is 4.90 Å². The molecule has 2 aromatic rings. The van der Waals surface area contributed by atoms with Gasteiger partial charge in [-0.3, -0.25) is 9.59 Å². The van der Waals surface area contributed by atoms with E-state index in [1.54, 1.807) is 0 Å². The minimum atomic E-state index is -0.0516. The number of nitrogens with one attached hydrogen (secondary N) is 1. The molecule has 0 saturated carbocycles. The average molecular weight is 413 g/mol. The summed E-state index contributed by atoms with van der Waals surface area (Å²) in [7, 11) is 0. The van der Waals surface area contributed by atoms with Gasteiger partial charge in [-0.15, -0.1) is 11.3 Å². The van der Waals surface area contributed by atoms with E-state index in [-0.39, 0.29) is 17.7 Å². The zero-order chi connectivity index (χ0) is 20.2. The van der Waals surface area contributed by atoms with Crippen LogP contribution in [0.25, 0.3) is 10.4 Å². The highest BCUT2D eigenvalue weighted by Crippen LogP contribution is 2.41. The number of benzene rings is 1. The highest BCUT2D eigenvalue weighted by Gasteiger charge is 2.29. The summed E-state index contributed by atoms with van der Waals surface area (Å²) in [4.78, 5) is 29.3. The van der Waals surface area contributed by atoms with E-state index >= 15 is 0 Å². The molecule has 6 heteroatoms. The molecule has 0 spiro atoms. The fraction of sp³-hybridized carbons (Fsp3) is 0.478. The molecule has 0 bridgehead atoms. The Morgan fingerprint density at radius 1 is 1.07 bits per heavy atom. The molecule has 3 heterocycles.